The van der Waals surface area contributed by atoms with Gasteiger partial charge in [0.1, 0.15) is 0 Å². The van der Waals surface area contributed by atoms with Crippen LogP contribution in [-0.2, 0) is 0 Å². The largest absolute Gasteiger partial charge is 0.0654 e. The highest BCUT2D eigenvalue weighted by atomic mass is 14.4. The summed E-state index contributed by atoms with van der Waals surface area (Å²) in [6, 6.07) is 0. The van der Waals surface area contributed by atoms with Gasteiger partial charge in [-0.05, 0) is 42.9 Å². The standard InChI is InChI=1S/C23H46/c1-5-7-16-22(6-2)20-23(18-13-10-14-19-23)17-12-9-8-11-15-21(3)4/h21-22H,5-20H2,1-4H3. The Morgan fingerprint density at radius 1 is 0.783 bits per heavy atom. The molecule has 1 rings (SSSR count). The predicted molar refractivity (Wildman–Crippen MR) is 106 cm³/mol. The van der Waals surface area contributed by atoms with Crippen LogP contribution in [0.15, 0.2) is 0 Å². The van der Waals surface area contributed by atoms with E-state index in [1.807, 2.05) is 0 Å². The summed E-state index contributed by atoms with van der Waals surface area (Å²) in [4.78, 5) is 0. The van der Waals surface area contributed by atoms with E-state index < -0.39 is 0 Å². The first-order valence-electron chi connectivity index (χ1n) is 11.1. The lowest BCUT2D eigenvalue weighted by Gasteiger charge is -2.40. The van der Waals surface area contributed by atoms with Crippen LogP contribution >= 0.6 is 0 Å². The lowest BCUT2D eigenvalue weighted by Crippen LogP contribution is -2.27. The Kier molecular flexibility index (Phi) is 11.3. The van der Waals surface area contributed by atoms with Crippen molar-refractivity contribution in [3.05, 3.63) is 0 Å². The van der Waals surface area contributed by atoms with E-state index in [1.54, 1.807) is 19.3 Å². The minimum Gasteiger partial charge on any atom is -0.0654 e. The Bertz CT molecular complexity index is 259. The van der Waals surface area contributed by atoms with Crippen LogP contribution in [0.5, 0.6) is 0 Å². The topological polar surface area (TPSA) is 0 Å². The highest BCUT2D eigenvalue weighted by molar-refractivity contribution is 4.85. The molecule has 1 saturated carbocycles. The summed E-state index contributed by atoms with van der Waals surface area (Å²) in [5.41, 5.74) is 0.741. The van der Waals surface area contributed by atoms with Gasteiger partial charge in [0.05, 0.1) is 0 Å². The monoisotopic (exact) mass is 322 g/mol. The molecule has 0 radical (unpaired) electrons. The molecule has 1 aliphatic carbocycles. The zero-order chi connectivity index (χ0) is 17.0. The van der Waals surface area contributed by atoms with Gasteiger partial charge in [0, 0.05) is 0 Å². The molecule has 0 N–H and O–H groups in total. The van der Waals surface area contributed by atoms with Gasteiger partial charge >= 0.3 is 0 Å². The Morgan fingerprint density at radius 2 is 1.48 bits per heavy atom. The Morgan fingerprint density at radius 3 is 2.09 bits per heavy atom. The van der Waals surface area contributed by atoms with Crippen LogP contribution in [-0.4, -0.2) is 0 Å². The average Bonchev–Trinajstić information content (AvgIpc) is 2.55. The van der Waals surface area contributed by atoms with Crippen molar-refractivity contribution < 1.29 is 0 Å². The molecule has 1 fully saturated rings. The third kappa shape index (κ3) is 9.16. The van der Waals surface area contributed by atoms with Gasteiger partial charge in [-0.1, -0.05) is 105 Å². The third-order valence-corrected chi connectivity index (χ3v) is 6.42. The van der Waals surface area contributed by atoms with Crippen LogP contribution in [0.3, 0.4) is 0 Å². The number of hydrogen-bond donors (Lipinski definition) is 0. The smallest absolute Gasteiger partial charge is 0.0295 e. The lowest BCUT2D eigenvalue weighted by molar-refractivity contribution is 0.118. The van der Waals surface area contributed by atoms with Gasteiger partial charge < -0.3 is 0 Å². The maximum atomic E-state index is 2.43. The first-order chi connectivity index (χ1) is 11.1. The first-order valence-corrected chi connectivity index (χ1v) is 11.1. The molecule has 1 aliphatic rings. The second-order valence-electron chi connectivity index (χ2n) is 9.03. The van der Waals surface area contributed by atoms with Gasteiger partial charge in [-0.15, -0.1) is 0 Å². The van der Waals surface area contributed by atoms with Crippen LogP contribution in [0.1, 0.15) is 130 Å². The van der Waals surface area contributed by atoms with Gasteiger partial charge in [0.25, 0.3) is 0 Å². The zero-order valence-electron chi connectivity index (χ0n) is 17.0. The van der Waals surface area contributed by atoms with E-state index in [0.29, 0.717) is 0 Å². The van der Waals surface area contributed by atoms with Crippen LogP contribution in [0, 0.1) is 17.3 Å². The fourth-order valence-corrected chi connectivity index (χ4v) is 4.82. The van der Waals surface area contributed by atoms with Gasteiger partial charge in [0.15, 0.2) is 0 Å². The Hall–Kier alpha value is 0. The lowest BCUT2D eigenvalue weighted by atomic mass is 9.65. The van der Waals surface area contributed by atoms with Crippen molar-refractivity contribution in [2.75, 3.05) is 0 Å². The molecule has 0 spiro atoms. The molecule has 23 heavy (non-hydrogen) atoms. The first kappa shape index (κ1) is 21.0. The van der Waals surface area contributed by atoms with Crippen LogP contribution < -0.4 is 0 Å². The predicted octanol–water partition coefficient (Wildman–Crippen LogP) is 8.54. The van der Waals surface area contributed by atoms with Crippen molar-refractivity contribution in [1.29, 1.82) is 0 Å². The molecule has 0 nitrogen and oxygen atoms in total. The summed E-state index contributed by atoms with van der Waals surface area (Å²) in [7, 11) is 0. The molecule has 0 aromatic carbocycles. The molecule has 0 amide bonds. The van der Waals surface area contributed by atoms with Gasteiger partial charge in [-0.2, -0.15) is 0 Å². The fraction of sp³-hybridized carbons (Fsp3) is 1.00. The fourth-order valence-electron chi connectivity index (χ4n) is 4.82. The number of rotatable bonds is 13. The van der Waals surface area contributed by atoms with E-state index in [9.17, 15) is 0 Å². The Labute approximate surface area is 148 Å². The average molecular weight is 323 g/mol. The molecule has 0 heteroatoms. The minimum absolute atomic E-state index is 0.741. The molecule has 0 aromatic rings. The molecule has 0 heterocycles. The van der Waals surface area contributed by atoms with E-state index in [1.165, 1.54) is 83.5 Å². The van der Waals surface area contributed by atoms with E-state index >= 15 is 0 Å². The van der Waals surface area contributed by atoms with Crippen molar-refractivity contribution in [2.45, 2.75) is 130 Å². The van der Waals surface area contributed by atoms with Gasteiger partial charge in [-0.3, -0.25) is 0 Å². The quantitative estimate of drug-likeness (QED) is 0.298. The molecule has 0 aliphatic heterocycles. The zero-order valence-corrected chi connectivity index (χ0v) is 17.0. The number of unbranched alkanes of at least 4 members (excludes halogenated alkanes) is 4. The van der Waals surface area contributed by atoms with Crippen LogP contribution in [0.25, 0.3) is 0 Å². The molecule has 0 bridgehead atoms. The second-order valence-corrected chi connectivity index (χ2v) is 9.03. The van der Waals surface area contributed by atoms with Crippen molar-refractivity contribution in [3.8, 4) is 0 Å². The normalized spacial score (nSPS) is 19.2. The molecular formula is C23H46. The molecule has 1 unspecified atom stereocenters. The summed E-state index contributed by atoms with van der Waals surface area (Å²) >= 11 is 0. The summed E-state index contributed by atoms with van der Waals surface area (Å²) in [6.45, 7) is 9.50. The summed E-state index contributed by atoms with van der Waals surface area (Å²) in [5.74, 6) is 1.90. The second kappa shape index (κ2) is 12.4. The summed E-state index contributed by atoms with van der Waals surface area (Å²) in [5, 5.41) is 0. The Balaban J connectivity index is 2.37. The molecule has 1 atom stereocenters. The third-order valence-electron chi connectivity index (χ3n) is 6.42. The minimum atomic E-state index is 0.741. The van der Waals surface area contributed by atoms with Gasteiger partial charge in [-0.25, -0.2) is 0 Å². The maximum absolute atomic E-state index is 2.43. The molecule has 0 saturated heterocycles. The van der Waals surface area contributed by atoms with E-state index in [2.05, 4.69) is 27.7 Å². The highest BCUT2D eigenvalue weighted by Crippen LogP contribution is 2.46. The molecule has 0 aromatic heterocycles. The van der Waals surface area contributed by atoms with Crippen molar-refractivity contribution in [2.24, 2.45) is 17.3 Å². The summed E-state index contributed by atoms with van der Waals surface area (Å²) < 4.78 is 0. The molecule has 138 valence electrons. The highest BCUT2D eigenvalue weighted by Gasteiger charge is 2.33. The summed E-state index contributed by atoms with van der Waals surface area (Å²) in [6.07, 6.45) is 23.8. The van der Waals surface area contributed by atoms with E-state index in [-0.39, 0.29) is 0 Å². The van der Waals surface area contributed by atoms with Crippen LogP contribution in [0.2, 0.25) is 0 Å². The SMILES string of the molecule is CCCCC(CC)CC1(CCCCCCC(C)C)CCCCC1. The van der Waals surface area contributed by atoms with Crippen molar-refractivity contribution >= 4 is 0 Å². The maximum Gasteiger partial charge on any atom is -0.0295 e. The molecular weight excluding hydrogens is 276 g/mol. The van der Waals surface area contributed by atoms with E-state index in [4.69, 9.17) is 0 Å². The number of hydrogen-bond acceptors (Lipinski definition) is 0. The van der Waals surface area contributed by atoms with Gasteiger partial charge in [0.2, 0.25) is 0 Å². The van der Waals surface area contributed by atoms with Crippen molar-refractivity contribution in [1.82, 2.24) is 0 Å². The van der Waals surface area contributed by atoms with Crippen LogP contribution in [0.4, 0.5) is 0 Å². The van der Waals surface area contributed by atoms with Crippen molar-refractivity contribution in [3.63, 3.8) is 0 Å². The van der Waals surface area contributed by atoms with E-state index in [0.717, 1.165) is 17.3 Å².